The number of thioether (sulfide) groups is 1. The van der Waals surface area contributed by atoms with Gasteiger partial charge in [-0.25, -0.2) is 4.98 Å². The Balaban J connectivity index is 1.71. The number of carbonyl (C=O) groups excluding carboxylic acids is 2. The molecule has 2 heterocycles. The fourth-order valence-corrected chi connectivity index (χ4v) is 3.88. The topological polar surface area (TPSA) is 71.1 Å². The third-order valence-electron chi connectivity index (χ3n) is 3.42. The Kier molecular flexibility index (Phi) is 6.70. The molecule has 0 aromatic carbocycles. The molecular formula is C15H23N3O2S2. The molecule has 2 N–H and O–H groups in total. The highest BCUT2D eigenvalue weighted by atomic mass is 32.2. The summed E-state index contributed by atoms with van der Waals surface area (Å²) in [6.07, 6.45) is 2.68. The van der Waals surface area contributed by atoms with Crippen LogP contribution in [0.15, 0.2) is 5.38 Å². The van der Waals surface area contributed by atoms with Crippen LogP contribution in [-0.4, -0.2) is 35.1 Å². The molecule has 0 aliphatic carbocycles. The van der Waals surface area contributed by atoms with E-state index in [-0.39, 0.29) is 17.9 Å². The van der Waals surface area contributed by atoms with Crippen molar-refractivity contribution in [3.63, 3.8) is 0 Å². The Morgan fingerprint density at radius 3 is 3.09 bits per heavy atom. The first-order chi connectivity index (χ1) is 10.6. The Labute approximate surface area is 139 Å². The lowest BCUT2D eigenvalue weighted by molar-refractivity contribution is -0.127. The minimum absolute atomic E-state index is 0.0584. The maximum absolute atomic E-state index is 11.9. The standard InChI is InChI=1S/C15H23N3O2S2/c1-10(2)15-17-11(8-22-15)7-21-9-13(19)18-12-5-3-4-6-16-14(12)20/h8,10,12H,3-7,9H2,1-2H3,(H,16,20)(H,18,19)/t12-/m0/s1. The minimum Gasteiger partial charge on any atom is -0.354 e. The molecule has 22 heavy (non-hydrogen) atoms. The number of amides is 2. The number of hydrogen-bond acceptors (Lipinski definition) is 5. The molecule has 7 heteroatoms. The van der Waals surface area contributed by atoms with Crippen LogP contribution < -0.4 is 10.6 Å². The van der Waals surface area contributed by atoms with Gasteiger partial charge in [0.05, 0.1) is 16.5 Å². The van der Waals surface area contributed by atoms with Crippen molar-refractivity contribution in [1.29, 1.82) is 0 Å². The van der Waals surface area contributed by atoms with Crippen LogP contribution in [0.2, 0.25) is 0 Å². The first-order valence-electron chi connectivity index (χ1n) is 7.65. The van der Waals surface area contributed by atoms with Crippen LogP contribution in [0.5, 0.6) is 0 Å². The van der Waals surface area contributed by atoms with E-state index in [1.807, 2.05) is 0 Å². The van der Waals surface area contributed by atoms with Gasteiger partial charge < -0.3 is 10.6 Å². The van der Waals surface area contributed by atoms with Crippen LogP contribution in [0.1, 0.15) is 49.7 Å². The van der Waals surface area contributed by atoms with Crippen LogP contribution in [0.25, 0.3) is 0 Å². The fourth-order valence-electron chi connectivity index (χ4n) is 2.22. The van der Waals surface area contributed by atoms with Crippen LogP contribution in [-0.2, 0) is 15.3 Å². The average Bonchev–Trinajstić information content (AvgIpc) is 2.86. The number of carbonyl (C=O) groups is 2. The normalized spacial score (nSPS) is 18.9. The molecular weight excluding hydrogens is 318 g/mol. The number of aromatic nitrogens is 1. The lowest BCUT2D eigenvalue weighted by Crippen LogP contribution is -2.46. The molecule has 1 atom stereocenters. The minimum atomic E-state index is -0.373. The van der Waals surface area contributed by atoms with E-state index in [0.717, 1.165) is 35.7 Å². The molecule has 1 saturated heterocycles. The second kappa shape index (κ2) is 8.53. The molecule has 2 amide bonds. The van der Waals surface area contributed by atoms with Crippen molar-refractivity contribution < 1.29 is 9.59 Å². The van der Waals surface area contributed by atoms with Crippen molar-refractivity contribution in [1.82, 2.24) is 15.6 Å². The predicted octanol–water partition coefficient (Wildman–Crippen LogP) is 2.28. The van der Waals surface area contributed by atoms with Gasteiger partial charge in [-0.3, -0.25) is 9.59 Å². The summed E-state index contributed by atoms with van der Waals surface area (Å²) in [6.45, 7) is 4.96. The van der Waals surface area contributed by atoms with Crippen molar-refractivity contribution in [2.24, 2.45) is 0 Å². The number of thiazole rings is 1. The lowest BCUT2D eigenvalue weighted by Gasteiger charge is -2.14. The molecule has 1 fully saturated rings. The van der Waals surface area contributed by atoms with Gasteiger partial charge in [0.2, 0.25) is 11.8 Å². The summed E-state index contributed by atoms with van der Waals surface area (Å²) in [5.74, 6) is 1.40. The molecule has 1 aromatic rings. The summed E-state index contributed by atoms with van der Waals surface area (Å²) in [5, 5.41) is 8.84. The zero-order valence-electron chi connectivity index (χ0n) is 13.1. The first-order valence-corrected chi connectivity index (χ1v) is 9.69. The van der Waals surface area contributed by atoms with Crippen LogP contribution in [0.3, 0.4) is 0 Å². The van der Waals surface area contributed by atoms with E-state index in [2.05, 4.69) is 34.8 Å². The van der Waals surface area contributed by atoms with Gasteiger partial charge in [0, 0.05) is 23.6 Å². The highest BCUT2D eigenvalue weighted by Gasteiger charge is 2.22. The maximum atomic E-state index is 11.9. The second-order valence-corrected chi connectivity index (χ2v) is 7.61. The van der Waals surface area contributed by atoms with E-state index >= 15 is 0 Å². The third-order valence-corrected chi connectivity index (χ3v) is 5.58. The summed E-state index contributed by atoms with van der Waals surface area (Å²) >= 11 is 3.20. The van der Waals surface area contributed by atoms with Crippen LogP contribution >= 0.6 is 23.1 Å². The molecule has 1 aliphatic heterocycles. The van der Waals surface area contributed by atoms with E-state index in [1.165, 1.54) is 11.8 Å². The van der Waals surface area contributed by atoms with Crippen molar-refractivity contribution in [3.05, 3.63) is 16.1 Å². The Bertz CT molecular complexity index is 517. The van der Waals surface area contributed by atoms with E-state index in [9.17, 15) is 9.59 Å². The van der Waals surface area contributed by atoms with Gasteiger partial charge in [0.15, 0.2) is 0 Å². The maximum Gasteiger partial charge on any atom is 0.242 e. The van der Waals surface area contributed by atoms with Crippen LogP contribution in [0.4, 0.5) is 0 Å². The van der Waals surface area contributed by atoms with Crippen molar-refractivity contribution in [2.45, 2.75) is 50.8 Å². The van der Waals surface area contributed by atoms with E-state index < -0.39 is 0 Å². The van der Waals surface area contributed by atoms with Gasteiger partial charge >= 0.3 is 0 Å². The number of nitrogens with one attached hydrogen (secondary N) is 2. The summed E-state index contributed by atoms with van der Waals surface area (Å²) in [7, 11) is 0. The second-order valence-electron chi connectivity index (χ2n) is 5.73. The Hall–Kier alpha value is -1.08. The van der Waals surface area contributed by atoms with Crippen molar-refractivity contribution in [3.8, 4) is 0 Å². The molecule has 2 rings (SSSR count). The number of nitrogens with zero attached hydrogens (tertiary/aromatic N) is 1. The SMILES string of the molecule is CC(C)c1nc(CSCC(=O)N[C@H]2CCCCNC2=O)cs1. The quantitative estimate of drug-likeness (QED) is 0.833. The summed E-state index contributed by atoms with van der Waals surface area (Å²) in [6, 6.07) is -0.373. The highest BCUT2D eigenvalue weighted by molar-refractivity contribution is 7.99. The van der Waals surface area contributed by atoms with Gasteiger partial charge in [-0.15, -0.1) is 23.1 Å². The van der Waals surface area contributed by atoms with Gasteiger partial charge in [0.25, 0.3) is 0 Å². The predicted molar refractivity (Wildman–Crippen MR) is 91.2 cm³/mol. The van der Waals surface area contributed by atoms with Gasteiger partial charge in [-0.05, 0) is 19.3 Å². The molecule has 1 aliphatic rings. The smallest absolute Gasteiger partial charge is 0.242 e. The number of rotatable bonds is 6. The average molecular weight is 342 g/mol. The third kappa shape index (κ3) is 5.28. The summed E-state index contributed by atoms with van der Waals surface area (Å²) < 4.78 is 0. The molecule has 0 radical (unpaired) electrons. The zero-order chi connectivity index (χ0) is 15.9. The Morgan fingerprint density at radius 2 is 2.36 bits per heavy atom. The van der Waals surface area contributed by atoms with Crippen LogP contribution in [0, 0.1) is 0 Å². The van der Waals surface area contributed by atoms with E-state index in [0.29, 0.717) is 18.2 Å². The fraction of sp³-hybridized carbons (Fsp3) is 0.667. The molecule has 0 bridgehead atoms. The van der Waals surface area contributed by atoms with Gasteiger partial charge in [-0.1, -0.05) is 13.8 Å². The monoisotopic (exact) mass is 341 g/mol. The summed E-state index contributed by atoms with van der Waals surface area (Å²) in [5.41, 5.74) is 1.03. The van der Waals surface area contributed by atoms with Gasteiger partial charge in [0.1, 0.15) is 6.04 Å². The van der Waals surface area contributed by atoms with Crippen molar-refractivity contribution in [2.75, 3.05) is 12.3 Å². The lowest BCUT2D eigenvalue weighted by atomic mass is 10.1. The van der Waals surface area contributed by atoms with E-state index in [4.69, 9.17) is 0 Å². The molecule has 1 aromatic heterocycles. The first kappa shape index (κ1) is 17.3. The Morgan fingerprint density at radius 1 is 1.55 bits per heavy atom. The molecule has 122 valence electrons. The molecule has 0 saturated carbocycles. The molecule has 0 unspecified atom stereocenters. The number of hydrogen-bond donors (Lipinski definition) is 2. The summed E-state index contributed by atoms with van der Waals surface area (Å²) in [4.78, 5) is 28.3. The highest BCUT2D eigenvalue weighted by Crippen LogP contribution is 2.21. The van der Waals surface area contributed by atoms with Crippen molar-refractivity contribution >= 4 is 34.9 Å². The largest absolute Gasteiger partial charge is 0.354 e. The molecule has 5 nitrogen and oxygen atoms in total. The zero-order valence-corrected chi connectivity index (χ0v) is 14.7. The van der Waals surface area contributed by atoms with Gasteiger partial charge in [-0.2, -0.15) is 0 Å². The molecule has 0 spiro atoms. The van der Waals surface area contributed by atoms with E-state index in [1.54, 1.807) is 11.3 Å².